The Labute approximate surface area is 178 Å². The molecule has 2 N–H and O–H groups in total. The minimum atomic E-state index is -0.171. The first kappa shape index (κ1) is 22.4. The van der Waals surface area contributed by atoms with Gasteiger partial charge >= 0.3 is 0 Å². The molecule has 5 nitrogen and oxygen atoms in total. The maximum absolute atomic E-state index is 13.1. The Morgan fingerprint density at radius 3 is 2.55 bits per heavy atom. The van der Waals surface area contributed by atoms with E-state index in [1.165, 1.54) is 5.56 Å². The third kappa shape index (κ3) is 6.86. The lowest BCUT2D eigenvalue weighted by Gasteiger charge is -2.37. The van der Waals surface area contributed by atoms with Crippen LogP contribution in [0.3, 0.4) is 0 Å². The van der Waals surface area contributed by atoms with Gasteiger partial charge in [-0.3, -0.25) is 9.89 Å². The van der Waals surface area contributed by atoms with Gasteiger partial charge in [-0.15, -0.1) is 0 Å². The maximum Gasteiger partial charge on any atom is 0.191 e. The molecule has 1 aromatic rings. The molecular formula is C22H35FN4OS. The number of aliphatic imine (C=N–C) groups is 1. The normalized spacial score (nSPS) is 21.1. The molecular weight excluding hydrogens is 387 g/mol. The lowest BCUT2D eigenvalue weighted by Crippen LogP contribution is -2.52. The molecule has 2 saturated heterocycles. The predicted octanol–water partition coefficient (Wildman–Crippen LogP) is 3.26. The Balaban J connectivity index is 1.42. The zero-order valence-corrected chi connectivity index (χ0v) is 18.6. The SMILES string of the molecule is CCSC1(CNC(=NC)NC2CCN(Cc3ccc(F)cc3)CC2)CCOCC1. The van der Waals surface area contributed by atoms with Crippen molar-refractivity contribution in [1.82, 2.24) is 15.5 Å². The minimum absolute atomic E-state index is 0.171. The third-order valence-electron chi connectivity index (χ3n) is 5.90. The van der Waals surface area contributed by atoms with Crippen LogP contribution in [0.5, 0.6) is 0 Å². The van der Waals surface area contributed by atoms with Crippen LogP contribution in [0.1, 0.15) is 38.2 Å². The molecule has 2 fully saturated rings. The summed E-state index contributed by atoms with van der Waals surface area (Å²) in [6.45, 7) is 7.84. The largest absolute Gasteiger partial charge is 0.381 e. The minimum Gasteiger partial charge on any atom is -0.381 e. The number of nitrogens with one attached hydrogen (secondary N) is 2. The molecule has 1 aromatic carbocycles. The average molecular weight is 423 g/mol. The Hall–Kier alpha value is -1.31. The molecule has 2 aliphatic heterocycles. The van der Waals surface area contributed by atoms with Crippen LogP contribution in [0.25, 0.3) is 0 Å². The number of hydrogen-bond acceptors (Lipinski definition) is 4. The zero-order valence-electron chi connectivity index (χ0n) is 17.8. The highest BCUT2D eigenvalue weighted by atomic mass is 32.2. The molecule has 3 rings (SSSR count). The lowest BCUT2D eigenvalue weighted by molar-refractivity contribution is 0.0781. The number of guanidine groups is 1. The highest BCUT2D eigenvalue weighted by Gasteiger charge is 2.33. The molecule has 162 valence electrons. The van der Waals surface area contributed by atoms with E-state index in [-0.39, 0.29) is 10.6 Å². The number of likely N-dealkylation sites (tertiary alicyclic amines) is 1. The zero-order chi connectivity index (χ0) is 20.5. The Kier molecular flexibility index (Phi) is 8.63. The summed E-state index contributed by atoms with van der Waals surface area (Å²) in [5, 5.41) is 7.20. The molecule has 0 amide bonds. The smallest absolute Gasteiger partial charge is 0.191 e. The van der Waals surface area contributed by atoms with Crippen molar-refractivity contribution in [3.63, 3.8) is 0 Å². The van der Waals surface area contributed by atoms with E-state index < -0.39 is 0 Å². The fourth-order valence-corrected chi connectivity index (χ4v) is 5.38. The van der Waals surface area contributed by atoms with Gasteiger partial charge in [-0.1, -0.05) is 19.1 Å². The first-order chi connectivity index (χ1) is 14.1. The van der Waals surface area contributed by atoms with Crippen molar-refractivity contribution in [3.8, 4) is 0 Å². The van der Waals surface area contributed by atoms with Gasteiger partial charge in [0.25, 0.3) is 0 Å². The lowest BCUT2D eigenvalue weighted by atomic mass is 9.99. The van der Waals surface area contributed by atoms with Gasteiger partial charge in [0.1, 0.15) is 5.82 Å². The van der Waals surface area contributed by atoms with E-state index in [1.807, 2.05) is 30.9 Å². The Morgan fingerprint density at radius 1 is 1.24 bits per heavy atom. The van der Waals surface area contributed by atoms with Gasteiger partial charge in [-0.25, -0.2) is 4.39 Å². The molecule has 2 aliphatic rings. The third-order valence-corrected chi connectivity index (χ3v) is 7.36. The van der Waals surface area contributed by atoms with Gasteiger partial charge in [-0.05, 0) is 49.1 Å². The highest BCUT2D eigenvalue weighted by Crippen LogP contribution is 2.34. The van der Waals surface area contributed by atoms with Crippen LogP contribution in [-0.4, -0.2) is 67.3 Å². The molecule has 0 bridgehead atoms. The molecule has 0 radical (unpaired) electrons. The van der Waals surface area contributed by atoms with Gasteiger partial charge in [0.2, 0.25) is 0 Å². The molecule has 0 saturated carbocycles. The summed E-state index contributed by atoms with van der Waals surface area (Å²) in [5.74, 6) is 1.86. The summed E-state index contributed by atoms with van der Waals surface area (Å²) in [5.41, 5.74) is 1.17. The number of piperidine rings is 1. The van der Waals surface area contributed by atoms with Gasteiger partial charge in [-0.2, -0.15) is 11.8 Å². The van der Waals surface area contributed by atoms with Gasteiger partial charge in [0.05, 0.1) is 0 Å². The summed E-state index contributed by atoms with van der Waals surface area (Å²) in [7, 11) is 1.85. The number of halogens is 1. The maximum atomic E-state index is 13.1. The molecule has 0 aliphatic carbocycles. The van der Waals surface area contributed by atoms with Crippen molar-refractivity contribution in [2.24, 2.45) is 4.99 Å². The van der Waals surface area contributed by atoms with Crippen molar-refractivity contribution < 1.29 is 9.13 Å². The number of rotatable bonds is 7. The molecule has 7 heteroatoms. The predicted molar refractivity (Wildman–Crippen MR) is 120 cm³/mol. The topological polar surface area (TPSA) is 48.9 Å². The number of ether oxygens (including phenoxy) is 1. The summed E-state index contributed by atoms with van der Waals surface area (Å²) in [6, 6.07) is 7.29. The van der Waals surface area contributed by atoms with Crippen LogP contribution in [0.4, 0.5) is 4.39 Å². The van der Waals surface area contributed by atoms with Crippen LogP contribution in [0.2, 0.25) is 0 Å². The van der Waals surface area contributed by atoms with Crippen LogP contribution >= 0.6 is 11.8 Å². The quantitative estimate of drug-likeness (QED) is 0.522. The van der Waals surface area contributed by atoms with E-state index in [0.717, 1.165) is 76.8 Å². The summed E-state index contributed by atoms with van der Waals surface area (Å²) in [6.07, 6.45) is 4.36. The summed E-state index contributed by atoms with van der Waals surface area (Å²) < 4.78 is 18.9. The van der Waals surface area contributed by atoms with Gasteiger partial charge in [0, 0.05) is 57.2 Å². The number of hydrogen-bond donors (Lipinski definition) is 2. The molecule has 29 heavy (non-hydrogen) atoms. The van der Waals surface area contributed by atoms with Crippen molar-refractivity contribution >= 4 is 17.7 Å². The van der Waals surface area contributed by atoms with E-state index in [2.05, 4.69) is 27.4 Å². The summed E-state index contributed by atoms with van der Waals surface area (Å²) >= 11 is 2.04. The second-order valence-corrected chi connectivity index (χ2v) is 9.71. The second-order valence-electron chi connectivity index (χ2n) is 7.98. The monoisotopic (exact) mass is 422 g/mol. The van der Waals surface area contributed by atoms with Crippen LogP contribution < -0.4 is 10.6 Å². The van der Waals surface area contributed by atoms with E-state index >= 15 is 0 Å². The number of benzene rings is 1. The van der Waals surface area contributed by atoms with Gasteiger partial charge in [0.15, 0.2) is 5.96 Å². The van der Waals surface area contributed by atoms with E-state index in [9.17, 15) is 4.39 Å². The molecule has 0 atom stereocenters. The van der Waals surface area contributed by atoms with Gasteiger partial charge < -0.3 is 15.4 Å². The van der Waals surface area contributed by atoms with E-state index in [4.69, 9.17) is 4.74 Å². The number of thioether (sulfide) groups is 1. The highest BCUT2D eigenvalue weighted by molar-refractivity contribution is 8.00. The standard InChI is InChI=1S/C22H35FN4OS/c1-3-29-22(10-14-28-15-11-22)17-25-21(24-2)26-20-8-12-27(13-9-20)16-18-4-6-19(23)7-5-18/h4-7,20H,3,8-17H2,1-2H3,(H2,24,25,26). The Bertz CT molecular complexity index is 635. The van der Waals surface area contributed by atoms with Crippen molar-refractivity contribution in [2.75, 3.05) is 45.6 Å². The fourth-order valence-electron chi connectivity index (χ4n) is 4.14. The van der Waals surface area contributed by atoms with E-state index in [1.54, 1.807) is 12.1 Å². The van der Waals surface area contributed by atoms with Crippen LogP contribution in [0, 0.1) is 5.82 Å². The molecule has 0 aromatic heterocycles. The first-order valence-corrected chi connectivity index (χ1v) is 11.8. The number of nitrogens with zero attached hydrogens (tertiary/aromatic N) is 2. The first-order valence-electron chi connectivity index (χ1n) is 10.8. The van der Waals surface area contributed by atoms with Crippen molar-refractivity contribution in [3.05, 3.63) is 35.6 Å². The summed E-state index contributed by atoms with van der Waals surface area (Å²) in [4.78, 5) is 6.90. The average Bonchev–Trinajstić information content (AvgIpc) is 2.75. The fraction of sp³-hybridized carbons (Fsp3) is 0.682. The van der Waals surface area contributed by atoms with Crippen LogP contribution in [-0.2, 0) is 11.3 Å². The van der Waals surface area contributed by atoms with Crippen molar-refractivity contribution in [1.29, 1.82) is 0 Å². The molecule has 0 unspecified atom stereocenters. The molecule has 0 spiro atoms. The molecule has 2 heterocycles. The van der Waals surface area contributed by atoms with E-state index in [0.29, 0.717) is 6.04 Å². The second kappa shape index (κ2) is 11.2. The van der Waals surface area contributed by atoms with Crippen molar-refractivity contribution in [2.45, 2.75) is 49.9 Å². The van der Waals surface area contributed by atoms with Crippen LogP contribution in [0.15, 0.2) is 29.3 Å². The Morgan fingerprint density at radius 2 is 1.93 bits per heavy atom.